The Morgan fingerprint density at radius 2 is 1.70 bits per heavy atom. The number of anilines is 1. The predicted octanol–water partition coefficient (Wildman–Crippen LogP) is 6.29. The Bertz CT molecular complexity index is 593. The highest BCUT2D eigenvalue weighted by atomic mass is 35.5. The van der Waals surface area contributed by atoms with E-state index in [1.54, 1.807) is 6.07 Å². The summed E-state index contributed by atoms with van der Waals surface area (Å²) in [6.45, 7) is 6.48. The lowest BCUT2D eigenvalue weighted by molar-refractivity contribution is 0.858. The Labute approximate surface area is 130 Å². The van der Waals surface area contributed by atoms with Crippen LogP contribution in [0.5, 0.6) is 0 Å². The Morgan fingerprint density at radius 1 is 0.950 bits per heavy atom. The fraction of sp³-hybridized carbons (Fsp3) is 0.294. The molecule has 1 nitrogen and oxygen atoms in total. The molecular formula is C17H19Cl2N. The van der Waals surface area contributed by atoms with Crippen molar-refractivity contribution < 1.29 is 0 Å². The van der Waals surface area contributed by atoms with Crippen molar-refractivity contribution in [1.82, 2.24) is 0 Å². The zero-order valence-corrected chi connectivity index (χ0v) is 13.5. The van der Waals surface area contributed by atoms with Gasteiger partial charge in [0.15, 0.2) is 0 Å². The van der Waals surface area contributed by atoms with E-state index in [9.17, 15) is 0 Å². The fourth-order valence-electron chi connectivity index (χ4n) is 2.17. The lowest BCUT2D eigenvalue weighted by Gasteiger charge is -2.18. The van der Waals surface area contributed by atoms with Gasteiger partial charge in [0.05, 0.1) is 0 Å². The van der Waals surface area contributed by atoms with Crippen molar-refractivity contribution in [2.24, 2.45) is 0 Å². The van der Waals surface area contributed by atoms with Crippen molar-refractivity contribution in [3.05, 3.63) is 63.6 Å². The maximum Gasteiger partial charge on any atom is 0.0500 e. The summed E-state index contributed by atoms with van der Waals surface area (Å²) in [5, 5.41) is 4.84. The van der Waals surface area contributed by atoms with Crippen LogP contribution in [-0.4, -0.2) is 0 Å². The number of nitrogens with one attached hydrogen (secondary N) is 1. The molecule has 2 rings (SSSR count). The average molecular weight is 308 g/mol. The van der Waals surface area contributed by atoms with Crippen molar-refractivity contribution in [1.29, 1.82) is 0 Å². The van der Waals surface area contributed by atoms with E-state index in [2.05, 4.69) is 50.4 Å². The van der Waals surface area contributed by atoms with Gasteiger partial charge in [0, 0.05) is 21.8 Å². The highest BCUT2D eigenvalue weighted by molar-refractivity contribution is 6.35. The number of hydrogen-bond acceptors (Lipinski definition) is 1. The Kier molecular flexibility index (Phi) is 4.95. The molecular weight excluding hydrogens is 289 g/mol. The number of benzene rings is 2. The van der Waals surface area contributed by atoms with Gasteiger partial charge in [-0.25, -0.2) is 0 Å². The monoisotopic (exact) mass is 307 g/mol. The zero-order chi connectivity index (χ0) is 14.7. The first-order valence-electron chi connectivity index (χ1n) is 6.79. The third-order valence-electron chi connectivity index (χ3n) is 3.37. The molecule has 0 spiro atoms. The zero-order valence-electron chi connectivity index (χ0n) is 12.0. The van der Waals surface area contributed by atoms with Gasteiger partial charge >= 0.3 is 0 Å². The van der Waals surface area contributed by atoms with Gasteiger partial charge in [0.2, 0.25) is 0 Å². The van der Waals surface area contributed by atoms with Crippen LogP contribution in [0, 0.1) is 0 Å². The van der Waals surface area contributed by atoms with Crippen LogP contribution in [-0.2, 0) is 0 Å². The van der Waals surface area contributed by atoms with E-state index < -0.39 is 0 Å². The molecule has 1 unspecified atom stereocenters. The first-order valence-corrected chi connectivity index (χ1v) is 7.54. The highest BCUT2D eigenvalue weighted by Crippen LogP contribution is 2.29. The van der Waals surface area contributed by atoms with Gasteiger partial charge in [-0.3, -0.25) is 0 Å². The molecule has 3 heteroatoms. The molecule has 2 aromatic carbocycles. The average Bonchev–Trinajstić information content (AvgIpc) is 2.38. The quantitative estimate of drug-likeness (QED) is 0.700. The summed E-state index contributed by atoms with van der Waals surface area (Å²) in [5.41, 5.74) is 3.48. The molecule has 0 aromatic heterocycles. The molecule has 20 heavy (non-hydrogen) atoms. The summed E-state index contributed by atoms with van der Waals surface area (Å²) in [6, 6.07) is 14.2. The summed E-state index contributed by atoms with van der Waals surface area (Å²) in [5.74, 6) is 0.520. The van der Waals surface area contributed by atoms with Gasteiger partial charge in [0.1, 0.15) is 0 Å². The van der Waals surface area contributed by atoms with E-state index >= 15 is 0 Å². The molecule has 1 N–H and O–H groups in total. The lowest BCUT2D eigenvalue weighted by Crippen LogP contribution is -2.07. The third-order valence-corrected chi connectivity index (χ3v) is 3.93. The Morgan fingerprint density at radius 3 is 2.35 bits per heavy atom. The van der Waals surface area contributed by atoms with E-state index in [1.807, 2.05) is 12.1 Å². The van der Waals surface area contributed by atoms with Gasteiger partial charge in [0.25, 0.3) is 0 Å². The third kappa shape index (κ3) is 3.68. The minimum absolute atomic E-state index is 0.127. The minimum Gasteiger partial charge on any atom is -0.378 e. The summed E-state index contributed by atoms with van der Waals surface area (Å²) in [4.78, 5) is 0. The second kappa shape index (κ2) is 6.51. The number of halogens is 2. The van der Waals surface area contributed by atoms with Crippen LogP contribution in [0.1, 0.15) is 43.9 Å². The second-order valence-corrected chi connectivity index (χ2v) is 6.16. The molecule has 106 valence electrons. The van der Waals surface area contributed by atoms with Crippen molar-refractivity contribution in [3.63, 3.8) is 0 Å². The molecule has 0 aliphatic carbocycles. The lowest BCUT2D eigenvalue weighted by atomic mass is 10.0. The molecule has 0 aliphatic heterocycles. The van der Waals surface area contributed by atoms with Crippen molar-refractivity contribution in [3.8, 4) is 0 Å². The SMILES string of the molecule is CC(C)c1cccc(NC(C)c2ccc(Cl)cc2Cl)c1. The standard InChI is InChI=1S/C17H19Cl2N/c1-11(2)13-5-4-6-15(9-13)20-12(3)16-8-7-14(18)10-17(16)19/h4-12,20H,1-3H3. The van der Waals surface area contributed by atoms with Crippen molar-refractivity contribution in [2.75, 3.05) is 5.32 Å². The smallest absolute Gasteiger partial charge is 0.0500 e. The molecule has 2 aromatic rings. The van der Waals surface area contributed by atoms with Crippen molar-refractivity contribution >= 4 is 28.9 Å². The molecule has 0 radical (unpaired) electrons. The maximum atomic E-state index is 6.25. The summed E-state index contributed by atoms with van der Waals surface area (Å²) in [7, 11) is 0. The molecule has 0 amide bonds. The summed E-state index contributed by atoms with van der Waals surface area (Å²) < 4.78 is 0. The first-order chi connectivity index (χ1) is 9.47. The molecule has 0 bridgehead atoms. The van der Waals surface area contributed by atoms with Crippen molar-refractivity contribution in [2.45, 2.75) is 32.7 Å². The molecule has 0 heterocycles. The van der Waals surface area contributed by atoms with E-state index in [1.165, 1.54) is 5.56 Å². The summed E-state index contributed by atoms with van der Waals surface area (Å²) in [6.07, 6.45) is 0. The molecule has 0 aliphatic rings. The van der Waals surface area contributed by atoms with Gasteiger partial charge in [-0.05, 0) is 48.2 Å². The van der Waals surface area contributed by atoms with Crippen LogP contribution < -0.4 is 5.32 Å². The van der Waals surface area contributed by atoms with Crippen LogP contribution in [0.2, 0.25) is 10.0 Å². The molecule has 0 saturated carbocycles. The largest absolute Gasteiger partial charge is 0.378 e. The van der Waals surface area contributed by atoms with Crippen LogP contribution in [0.4, 0.5) is 5.69 Å². The second-order valence-electron chi connectivity index (χ2n) is 5.31. The highest BCUT2D eigenvalue weighted by Gasteiger charge is 2.10. The molecule has 0 saturated heterocycles. The van der Waals surface area contributed by atoms with Gasteiger partial charge in [-0.1, -0.05) is 55.2 Å². The minimum atomic E-state index is 0.127. The fourth-order valence-corrected chi connectivity index (χ4v) is 2.74. The van der Waals surface area contributed by atoms with Gasteiger partial charge in [-0.2, -0.15) is 0 Å². The summed E-state index contributed by atoms with van der Waals surface area (Å²) >= 11 is 12.2. The Balaban J connectivity index is 2.19. The normalized spacial score (nSPS) is 12.5. The number of hydrogen-bond donors (Lipinski definition) is 1. The maximum absolute atomic E-state index is 6.25. The molecule has 1 atom stereocenters. The number of rotatable bonds is 4. The van der Waals surface area contributed by atoms with Gasteiger partial charge < -0.3 is 5.32 Å². The molecule has 0 fully saturated rings. The predicted molar refractivity (Wildman–Crippen MR) is 89.0 cm³/mol. The first kappa shape index (κ1) is 15.2. The topological polar surface area (TPSA) is 12.0 Å². The van der Waals surface area contributed by atoms with Crippen LogP contribution in [0.15, 0.2) is 42.5 Å². The van der Waals surface area contributed by atoms with Crippen LogP contribution in [0.3, 0.4) is 0 Å². The van der Waals surface area contributed by atoms with E-state index in [-0.39, 0.29) is 6.04 Å². The van der Waals surface area contributed by atoms with E-state index in [0.717, 1.165) is 11.3 Å². The van der Waals surface area contributed by atoms with Crippen LogP contribution in [0.25, 0.3) is 0 Å². The van der Waals surface area contributed by atoms with Crippen LogP contribution >= 0.6 is 23.2 Å². The van der Waals surface area contributed by atoms with E-state index in [0.29, 0.717) is 16.0 Å². The Hall–Kier alpha value is -1.18. The van der Waals surface area contributed by atoms with Gasteiger partial charge in [-0.15, -0.1) is 0 Å². The van der Waals surface area contributed by atoms with E-state index in [4.69, 9.17) is 23.2 Å².